The number of ketones is 2. The molecule has 4 heterocycles. The average Bonchev–Trinajstić information content (AvgIpc) is 3.97. The smallest absolute Gasteiger partial charge is 0.270 e. The van der Waals surface area contributed by atoms with Crippen LogP contribution in [-0.4, -0.2) is 11.6 Å². The van der Waals surface area contributed by atoms with Gasteiger partial charge in [0.05, 0.1) is 31.8 Å². The van der Waals surface area contributed by atoms with E-state index < -0.39 is 5.60 Å². The Balaban J connectivity index is 1.18. The highest BCUT2D eigenvalue weighted by atomic mass is 32.1. The summed E-state index contributed by atoms with van der Waals surface area (Å²) in [4.78, 5) is 34.5. The predicted octanol–water partition coefficient (Wildman–Crippen LogP) is 10.8. The van der Waals surface area contributed by atoms with E-state index in [4.69, 9.17) is 11.3 Å². The fourth-order valence-corrected chi connectivity index (χ4v) is 11.7. The number of nitrogens with zero attached hydrogens (tertiary/aromatic N) is 4. The molecular formula is C42H22N4O3S3. The monoisotopic (exact) mass is 726 g/mol. The Morgan fingerprint density at radius 3 is 1.96 bits per heavy atom. The number of carbonyl (C=O) groups is 2. The Hall–Kier alpha value is -6.14. The lowest BCUT2D eigenvalue weighted by atomic mass is 9.78. The van der Waals surface area contributed by atoms with E-state index in [1.807, 2.05) is 30.4 Å². The number of benzene rings is 2. The molecule has 5 aromatic rings. The van der Waals surface area contributed by atoms with Crippen LogP contribution in [0, 0.1) is 40.6 Å². The van der Waals surface area contributed by atoms with Crippen LogP contribution in [0.5, 0.6) is 5.75 Å². The summed E-state index contributed by atoms with van der Waals surface area (Å²) in [6, 6.07) is 24.3. The van der Waals surface area contributed by atoms with Gasteiger partial charge in [-0.1, -0.05) is 55.0 Å². The van der Waals surface area contributed by atoms with Gasteiger partial charge < -0.3 is 4.74 Å². The molecule has 2 aromatic carbocycles. The molecule has 3 aliphatic carbocycles. The maximum atomic E-state index is 13.7. The third kappa shape index (κ3) is 4.56. The molecule has 9 rings (SSSR count). The molecule has 1 aliphatic heterocycles. The van der Waals surface area contributed by atoms with E-state index in [1.54, 1.807) is 77.3 Å². The second-order valence-electron chi connectivity index (χ2n) is 12.9. The second-order valence-corrected chi connectivity index (χ2v) is 16.2. The van der Waals surface area contributed by atoms with Gasteiger partial charge in [0.25, 0.3) is 5.70 Å². The minimum atomic E-state index is -0.535. The minimum absolute atomic E-state index is 0.0896. The Labute approximate surface area is 310 Å². The van der Waals surface area contributed by atoms with Crippen LogP contribution < -0.4 is 4.74 Å². The Morgan fingerprint density at radius 1 is 0.750 bits per heavy atom. The fraction of sp³-hybridized carbons (Fsp3) is 0.143. The largest absolute Gasteiger partial charge is 0.479 e. The van der Waals surface area contributed by atoms with Gasteiger partial charge >= 0.3 is 0 Å². The van der Waals surface area contributed by atoms with Gasteiger partial charge in [0.2, 0.25) is 0 Å². The summed E-state index contributed by atoms with van der Waals surface area (Å²) >= 11 is 4.73. The molecule has 246 valence electrons. The zero-order valence-electron chi connectivity index (χ0n) is 27.2. The molecule has 1 spiro atoms. The Bertz CT molecular complexity index is 2750. The first-order valence-electron chi connectivity index (χ1n) is 16.6. The lowest BCUT2D eigenvalue weighted by Crippen LogP contribution is -2.37. The van der Waals surface area contributed by atoms with Gasteiger partial charge in [-0.3, -0.25) is 9.59 Å². The molecule has 3 aromatic heterocycles. The SMILES string of the molecule is [C-]#[N+]/C(C#N)=C1/C(=C/c2cc3sc4c(c3s2)OC2(CCCCC2)c2cc(/C=C3\C(=O)c5ccccc5C3=C(C#N)C#N)sc2-4)C(=O)c2ccccc21. The minimum Gasteiger partial charge on any atom is -0.479 e. The van der Waals surface area contributed by atoms with Crippen molar-refractivity contribution in [2.75, 3.05) is 0 Å². The van der Waals surface area contributed by atoms with Crippen LogP contribution in [-0.2, 0) is 5.60 Å². The Kier molecular flexibility index (Phi) is 7.33. The van der Waals surface area contributed by atoms with Crippen LogP contribution in [0.4, 0.5) is 0 Å². The standard InChI is InChI=1S/C42H22N4O3S3/c1-46-32(21-45)35-26-10-4-6-12-28(26)37(48)30(35)16-24-18-33-40(51-24)38-41(52-33)39-31(42(49-38)13-7-2-8-14-42)17-23(50-39)15-29-34(22(19-43)20-44)25-9-3-5-11-27(25)36(29)47/h3-6,9-12,15-18H,2,7-8,13-14H2/b29-15-,30-16-,35-32+. The number of Topliss-reactive ketones (excluding diaryl/α,β-unsaturated/α-hetero) is 2. The third-order valence-corrected chi connectivity index (χ3v) is 13.7. The first-order valence-corrected chi connectivity index (χ1v) is 19.0. The van der Waals surface area contributed by atoms with E-state index >= 15 is 0 Å². The van der Waals surface area contributed by atoms with Crippen LogP contribution >= 0.6 is 34.0 Å². The van der Waals surface area contributed by atoms with Gasteiger partial charge in [-0.15, -0.1) is 34.0 Å². The molecule has 0 N–H and O–H groups in total. The van der Waals surface area contributed by atoms with Crippen molar-refractivity contribution < 1.29 is 14.3 Å². The average molecular weight is 727 g/mol. The molecule has 0 saturated heterocycles. The van der Waals surface area contributed by atoms with E-state index in [0.717, 1.165) is 72.3 Å². The quantitative estimate of drug-likeness (QED) is 0.101. The van der Waals surface area contributed by atoms with Crippen molar-refractivity contribution in [1.82, 2.24) is 0 Å². The van der Waals surface area contributed by atoms with Gasteiger partial charge in [0, 0.05) is 48.7 Å². The Morgan fingerprint density at radius 2 is 1.35 bits per heavy atom. The van der Waals surface area contributed by atoms with Crippen LogP contribution in [0.25, 0.3) is 47.3 Å². The van der Waals surface area contributed by atoms with Gasteiger partial charge in [0.15, 0.2) is 17.3 Å². The van der Waals surface area contributed by atoms with Crippen molar-refractivity contribution >= 4 is 78.3 Å². The zero-order chi connectivity index (χ0) is 35.7. The van der Waals surface area contributed by atoms with Crippen LogP contribution in [0.1, 0.15) is 79.3 Å². The van der Waals surface area contributed by atoms with Crippen LogP contribution in [0.3, 0.4) is 0 Å². The van der Waals surface area contributed by atoms with Gasteiger partial charge in [-0.25, -0.2) is 10.1 Å². The molecule has 1 saturated carbocycles. The first kappa shape index (κ1) is 31.8. The highest BCUT2D eigenvalue weighted by Gasteiger charge is 2.45. The van der Waals surface area contributed by atoms with Crippen molar-refractivity contribution in [3.8, 4) is 33.7 Å². The molecule has 0 unspecified atom stereocenters. The highest BCUT2D eigenvalue weighted by molar-refractivity contribution is 7.32. The molecule has 10 heteroatoms. The summed E-state index contributed by atoms with van der Waals surface area (Å²) in [5, 5.41) is 29.4. The zero-order valence-corrected chi connectivity index (χ0v) is 29.7. The summed E-state index contributed by atoms with van der Waals surface area (Å²) in [5.74, 6) is 0.409. The number of nitriles is 3. The number of allylic oxidation sites excluding steroid dienone is 6. The summed E-state index contributed by atoms with van der Waals surface area (Å²) in [6.07, 6.45) is 8.48. The summed E-state index contributed by atoms with van der Waals surface area (Å²) in [7, 11) is 0. The van der Waals surface area contributed by atoms with Crippen molar-refractivity contribution in [3.63, 3.8) is 0 Å². The molecular weight excluding hydrogens is 705 g/mol. The lowest BCUT2D eigenvalue weighted by molar-refractivity contribution is 0.0267. The topological polar surface area (TPSA) is 119 Å². The number of hydrogen-bond acceptors (Lipinski definition) is 9. The van der Waals surface area contributed by atoms with Gasteiger partial charge in [-0.05, 0) is 61.1 Å². The van der Waals surface area contributed by atoms with Crippen molar-refractivity contribution in [3.05, 3.63) is 132 Å². The summed E-state index contributed by atoms with van der Waals surface area (Å²) < 4.78 is 9.09. The van der Waals surface area contributed by atoms with E-state index in [2.05, 4.69) is 10.9 Å². The van der Waals surface area contributed by atoms with Crippen molar-refractivity contribution in [2.45, 2.75) is 37.7 Å². The number of rotatable bonds is 2. The predicted molar refractivity (Wildman–Crippen MR) is 203 cm³/mol. The first-order chi connectivity index (χ1) is 25.4. The molecule has 0 radical (unpaired) electrons. The number of carbonyl (C=O) groups excluding carboxylic acids is 2. The number of hydrogen-bond donors (Lipinski definition) is 0. The highest BCUT2D eigenvalue weighted by Crippen LogP contribution is 2.60. The number of fused-ring (bicyclic) bond motifs is 8. The number of ether oxygens (including phenoxy) is 1. The molecule has 52 heavy (non-hydrogen) atoms. The fourth-order valence-electron chi connectivity index (χ4n) is 7.90. The molecule has 1 fully saturated rings. The van der Waals surface area contributed by atoms with E-state index in [0.29, 0.717) is 44.5 Å². The van der Waals surface area contributed by atoms with Crippen molar-refractivity contribution in [2.24, 2.45) is 0 Å². The summed E-state index contributed by atoms with van der Waals surface area (Å²) in [5.41, 5.74) is 3.97. The molecule has 0 amide bonds. The van der Waals surface area contributed by atoms with Crippen LogP contribution in [0.2, 0.25) is 0 Å². The second kappa shape index (κ2) is 12.0. The molecule has 0 atom stereocenters. The van der Waals surface area contributed by atoms with E-state index in [-0.39, 0.29) is 22.8 Å². The summed E-state index contributed by atoms with van der Waals surface area (Å²) in [6.45, 7) is 7.62. The maximum Gasteiger partial charge on any atom is 0.270 e. The van der Waals surface area contributed by atoms with Gasteiger partial charge in [0.1, 0.15) is 23.3 Å². The van der Waals surface area contributed by atoms with Crippen LogP contribution in [0.15, 0.2) is 83.1 Å². The molecule has 0 bridgehead atoms. The normalized spacial score (nSPS) is 19.0. The molecule has 4 aliphatic rings. The maximum absolute atomic E-state index is 13.7. The number of thiophene rings is 3. The third-order valence-electron chi connectivity index (χ3n) is 10.2. The molecule has 7 nitrogen and oxygen atoms in total. The van der Waals surface area contributed by atoms with Crippen molar-refractivity contribution in [1.29, 1.82) is 15.8 Å². The van der Waals surface area contributed by atoms with E-state index in [9.17, 15) is 25.4 Å². The van der Waals surface area contributed by atoms with E-state index in [1.165, 1.54) is 11.3 Å². The van der Waals surface area contributed by atoms with Gasteiger partial charge in [-0.2, -0.15) is 10.5 Å². The lowest BCUT2D eigenvalue weighted by Gasteiger charge is -2.40.